The van der Waals surface area contributed by atoms with Crippen LogP contribution >= 0.6 is 0 Å². The Morgan fingerprint density at radius 3 is 2.24 bits per heavy atom. The number of rotatable bonds is 4. The summed E-state index contributed by atoms with van der Waals surface area (Å²) < 4.78 is 0. The van der Waals surface area contributed by atoms with Crippen molar-refractivity contribution in [2.45, 2.75) is 20.8 Å². The number of nitrogens with zero attached hydrogens (tertiary/aromatic N) is 1. The lowest BCUT2D eigenvalue weighted by atomic mass is 10.1. The molecule has 1 aromatic rings. The highest BCUT2D eigenvalue weighted by Gasteiger charge is 2.21. The largest absolute Gasteiger partial charge is 0.507 e. The van der Waals surface area contributed by atoms with Crippen molar-refractivity contribution in [3.8, 4) is 11.5 Å². The van der Waals surface area contributed by atoms with E-state index < -0.39 is 0 Å². The van der Waals surface area contributed by atoms with Crippen LogP contribution in [0.3, 0.4) is 0 Å². The van der Waals surface area contributed by atoms with Gasteiger partial charge in [0.15, 0.2) is 0 Å². The first-order chi connectivity index (χ1) is 7.97. The number of benzene rings is 1. The smallest absolute Gasteiger partial charge is 0.261 e. The van der Waals surface area contributed by atoms with Crippen molar-refractivity contribution in [1.29, 1.82) is 0 Å². The summed E-state index contributed by atoms with van der Waals surface area (Å²) in [6.45, 7) is 7.05. The molecule has 0 aliphatic rings. The molecule has 1 amide bonds. The van der Waals surface area contributed by atoms with Crippen molar-refractivity contribution < 1.29 is 15.0 Å². The molecule has 0 fully saturated rings. The Morgan fingerprint density at radius 2 is 1.82 bits per heavy atom. The number of amides is 1. The van der Waals surface area contributed by atoms with E-state index in [1.807, 2.05) is 20.8 Å². The van der Waals surface area contributed by atoms with E-state index >= 15 is 0 Å². The normalized spacial score (nSPS) is 10.6. The third kappa shape index (κ3) is 3.12. The molecule has 2 N–H and O–H groups in total. The van der Waals surface area contributed by atoms with Crippen LogP contribution in [0.5, 0.6) is 11.5 Å². The predicted molar refractivity (Wildman–Crippen MR) is 66.2 cm³/mol. The van der Waals surface area contributed by atoms with Crippen LogP contribution in [-0.4, -0.2) is 34.1 Å². The monoisotopic (exact) mass is 237 g/mol. The maximum Gasteiger partial charge on any atom is 0.261 e. The average Bonchev–Trinajstić information content (AvgIpc) is 2.25. The van der Waals surface area contributed by atoms with Crippen molar-refractivity contribution in [1.82, 2.24) is 4.90 Å². The van der Waals surface area contributed by atoms with Crippen LogP contribution in [0, 0.1) is 5.92 Å². The van der Waals surface area contributed by atoms with Gasteiger partial charge in [0.05, 0.1) is 0 Å². The Hall–Kier alpha value is -1.71. The van der Waals surface area contributed by atoms with Gasteiger partial charge in [0.25, 0.3) is 5.91 Å². The summed E-state index contributed by atoms with van der Waals surface area (Å²) in [7, 11) is 0. The quantitative estimate of drug-likeness (QED) is 0.844. The van der Waals surface area contributed by atoms with E-state index in [9.17, 15) is 15.0 Å². The summed E-state index contributed by atoms with van der Waals surface area (Å²) in [5, 5.41) is 19.3. The first kappa shape index (κ1) is 13.4. The van der Waals surface area contributed by atoms with Gasteiger partial charge < -0.3 is 15.1 Å². The van der Waals surface area contributed by atoms with Gasteiger partial charge in [0.2, 0.25) is 0 Å². The molecule has 0 aliphatic carbocycles. The number of phenolic OH excluding ortho intramolecular Hbond substituents is 2. The number of hydrogen-bond donors (Lipinski definition) is 2. The van der Waals surface area contributed by atoms with E-state index in [4.69, 9.17) is 0 Å². The minimum absolute atomic E-state index is 0.0185. The number of aromatic hydroxyl groups is 2. The Labute approximate surface area is 101 Å². The molecule has 0 saturated carbocycles. The first-order valence-corrected chi connectivity index (χ1v) is 5.77. The van der Waals surface area contributed by atoms with Gasteiger partial charge in [-0.25, -0.2) is 0 Å². The zero-order valence-electron chi connectivity index (χ0n) is 10.5. The molecule has 0 unspecified atom stereocenters. The van der Waals surface area contributed by atoms with Gasteiger partial charge in [-0.3, -0.25) is 4.79 Å². The summed E-state index contributed by atoms with van der Waals surface area (Å²) in [6, 6.07) is 4.30. The van der Waals surface area contributed by atoms with Gasteiger partial charge in [-0.15, -0.1) is 0 Å². The zero-order chi connectivity index (χ0) is 13.0. The third-order valence-corrected chi connectivity index (χ3v) is 2.49. The molecule has 4 heteroatoms. The van der Waals surface area contributed by atoms with E-state index in [0.717, 1.165) is 0 Å². The molecule has 17 heavy (non-hydrogen) atoms. The lowest BCUT2D eigenvalue weighted by Crippen LogP contribution is -2.34. The van der Waals surface area contributed by atoms with Crippen molar-refractivity contribution in [2.24, 2.45) is 5.92 Å². The Bertz CT molecular complexity index is 381. The van der Waals surface area contributed by atoms with Gasteiger partial charge in [-0.05, 0) is 25.0 Å². The minimum atomic E-state index is -0.336. The molecule has 1 rings (SSSR count). The molecule has 1 aromatic carbocycles. The first-order valence-electron chi connectivity index (χ1n) is 5.77. The highest BCUT2D eigenvalue weighted by molar-refractivity contribution is 5.99. The second-order valence-corrected chi connectivity index (χ2v) is 4.41. The van der Waals surface area contributed by atoms with Crippen LogP contribution < -0.4 is 0 Å². The molecular formula is C13H19NO3. The lowest BCUT2D eigenvalue weighted by Gasteiger charge is -2.23. The molecule has 0 bridgehead atoms. The molecule has 0 spiro atoms. The second-order valence-electron chi connectivity index (χ2n) is 4.41. The lowest BCUT2D eigenvalue weighted by molar-refractivity contribution is 0.0739. The summed E-state index contributed by atoms with van der Waals surface area (Å²) in [4.78, 5) is 13.8. The maximum absolute atomic E-state index is 12.2. The topological polar surface area (TPSA) is 60.8 Å². The fourth-order valence-corrected chi connectivity index (χ4v) is 1.70. The Morgan fingerprint density at radius 1 is 1.29 bits per heavy atom. The Balaban J connectivity index is 3.02. The van der Waals surface area contributed by atoms with Crippen molar-refractivity contribution >= 4 is 5.91 Å². The van der Waals surface area contributed by atoms with Crippen LogP contribution in [0.1, 0.15) is 31.1 Å². The van der Waals surface area contributed by atoms with Crippen LogP contribution in [0.15, 0.2) is 18.2 Å². The SMILES string of the molecule is CCN(CC(C)C)C(=O)c1c(O)cccc1O. The number of phenols is 2. The molecule has 0 aromatic heterocycles. The van der Waals surface area contributed by atoms with Crippen LogP contribution in [0.2, 0.25) is 0 Å². The fourth-order valence-electron chi connectivity index (χ4n) is 1.70. The van der Waals surface area contributed by atoms with Crippen LogP contribution in [0.4, 0.5) is 0 Å². The Kier molecular flexibility index (Phi) is 4.37. The molecule has 0 saturated heterocycles. The van der Waals surface area contributed by atoms with Gasteiger partial charge in [-0.2, -0.15) is 0 Å². The van der Waals surface area contributed by atoms with E-state index in [1.165, 1.54) is 18.2 Å². The standard InChI is InChI=1S/C13H19NO3/c1-4-14(8-9(2)3)13(17)12-10(15)6-5-7-11(12)16/h5-7,9,15-16H,4,8H2,1-3H3. The number of carbonyl (C=O) groups excluding carboxylic acids is 1. The number of carbonyl (C=O) groups is 1. The third-order valence-electron chi connectivity index (χ3n) is 2.49. The summed E-state index contributed by atoms with van der Waals surface area (Å²) in [5.41, 5.74) is -0.0185. The van der Waals surface area contributed by atoms with Crippen molar-refractivity contribution in [3.63, 3.8) is 0 Å². The zero-order valence-corrected chi connectivity index (χ0v) is 10.5. The highest BCUT2D eigenvalue weighted by atomic mass is 16.3. The predicted octanol–water partition coefficient (Wildman–Crippen LogP) is 2.22. The van der Waals surface area contributed by atoms with E-state index in [0.29, 0.717) is 19.0 Å². The van der Waals surface area contributed by atoms with Crippen LogP contribution in [0.25, 0.3) is 0 Å². The van der Waals surface area contributed by atoms with Gasteiger partial charge >= 0.3 is 0 Å². The van der Waals surface area contributed by atoms with Crippen molar-refractivity contribution in [3.05, 3.63) is 23.8 Å². The van der Waals surface area contributed by atoms with Crippen LogP contribution in [-0.2, 0) is 0 Å². The molecule has 0 aliphatic heterocycles. The van der Waals surface area contributed by atoms with Gasteiger partial charge in [0.1, 0.15) is 17.1 Å². The summed E-state index contributed by atoms with van der Waals surface area (Å²) >= 11 is 0. The molecule has 94 valence electrons. The van der Waals surface area contributed by atoms with Gasteiger partial charge in [0, 0.05) is 13.1 Å². The highest BCUT2D eigenvalue weighted by Crippen LogP contribution is 2.27. The van der Waals surface area contributed by atoms with Crippen molar-refractivity contribution in [2.75, 3.05) is 13.1 Å². The maximum atomic E-state index is 12.2. The molecular weight excluding hydrogens is 218 g/mol. The minimum Gasteiger partial charge on any atom is -0.507 e. The number of hydrogen-bond acceptors (Lipinski definition) is 3. The summed E-state index contributed by atoms with van der Waals surface area (Å²) in [5.74, 6) is -0.363. The molecule has 0 atom stereocenters. The molecule has 0 heterocycles. The average molecular weight is 237 g/mol. The van der Waals surface area contributed by atoms with E-state index in [1.54, 1.807) is 4.90 Å². The summed E-state index contributed by atoms with van der Waals surface area (Å²) in [6.07, 6.45) is 0. The second kappa shape index (κ2) is 5.57. The van der Waals surface area contributed by atoms with E-state index in [2.05, 4.69) is 0 Å². The molecule has 4 nitrogen and oxygen atoms in total. The molecule has 0 radical (unpaired) electrons. The van der Waals surface area contributed by atoms with E-state index in [-0.39, 0.29) is 23.0 Å². The fraction of sp³-hybridized carbons (Fsp3) is 0.462. The van der Waals surface area contributed by atoms with Gasteiger partial charge in [-0.1, -0.05) is 19.9 Å².